The highest BCUT2D eigenvalue weighted by Crippen LogP contribution is 2.31. The Balaban J connectivity index is 1.80. The summed E-state index contributed by atoms with van der Waals surface area (Å²) in [5, 5.41) is 9.44. The van der Waals surface area contributed by atoms with Gasteiger partial charge in [0.05, 0.1) is 5.56 Å². The molecule has 188 valence electrons. The van der Waals surface area contributed by atoms with Crippen molar-refractivity contribution in [3.63, 3.8) is 0 Å². The van der Waals surface area contributed by atoms with Crippen LogP contribution in [0.15, 0.2) is 72.8 Å². The molecule has 0 aliphatic carbocycles. The van der Waals surface area contributed by atoms with Crippen molar-refractivity contribution in [3.05, 3.63) is 95.1 Å². The summed E-state index contributed by atoms with van der Waals surface area (Å²) in [5.41, 5.74) is 5.63. The number of aryl methyl sites for hydroxylation is 2. The van der Waals surface area contributed by atoms with E-state index in [-0.39, 0.29) is 19.8 Å². The second kappa shape index (κ2) is 12.7. The predicted molar refractivity (Wildman–Crippen MR) is 139 cm³/mol. The molecule has 0 spiro atoms. The summed E-state index contributed by atoms with van der Waals surface area (Å²) in [6.45, 7) is 9.40. The molecule has 0 saturated carbocycles. The number of hydrogen-bond donors (Lipinski definition) is 1. The number of esters is 2. The zero-order chi connectivity index (χ0) is 26.1. The van der Waals surface area contributed by atoms with Crippen LogP contribution in [-0.4, -0.2) is 36.9 Å². The number of benzene rings is 3. The van der Waals surface area contributed by atoms with Gasteiger partial charge in [-0.1, -0.05) is 49.4 Å². The summed E-state index contributed by atoms with van der Waals surface area (Å²) < 4.78 is 16.5. The molecule has 0 saturated heterocycles. The smallest absolute Gasteiger partial charge is 0.343 e. The van der Waals surface area contributed by atoms with Gasteiger partial charge in [0.15, 0.2) is 0 Å². The molecule has 0 atom stereocenters. The Kier molecular flexibility index (Phi) is 9.42. The zero-order valence-corrected chi connectivity index (χ0v) is 21.0. The predicted octanol–water partition coefficient (Wildman–Crippen LogP) is 5.48. The van der Waals surface area contributed by atoms with Crippen LogP contribution in [0.25, 0.3) is 11.1 Å². The first-order chi connectivity index (χ1) is 17.3. The summed E-state index contributed by atoms with van der Waals surface area (Å²) in [5.74, 6) is 0.240. The van der Waals surface area contributed by atoms with Crippen LogP contribution in [0.5, 0.6) is 11.5 Å². The molecule has 0 heterocycles. The number of ether oxygens (including phenoxy) is 3. The van der Waals surface area contributed by atoms with Crippen LogP contribution < -0.4 is 9.47 Å². The van der Waals surface area contributed by atoms with Gasteiger partial charge in [0.1, 0.15) is 24.7 Å². The minimum Gasteiger partial charge on any atom is -0.490 e. The Hall–Kier alpha value is -3.90. The van der Waals surface area contributed by atoms with Crippen LogP contribution in [0, 0.1) is 6.92 Å². The molecule has 3 rings (SSSR count). The molecule has 1 N–H and O–H groups in total. The number of rotatable bonds is 11. The number of hydrogen-bond acceptors (Lipinski definition) is 6. The monoisotopic (exact) mass is 488 g/mol. The van der Waals surface area contributed by atoms with E-state index in [4.69, 9.17) is 14.2 Å². The van der Waals surface area contributed by atoms with Crippen LogP contribution in [0.1, 0.15) is 40.9 Å². The lowest BCUT2D eigenvalue weighted by Gasteiger charge is -2.15. The van der Waals surface area contributed by atoms with Crippen molar-refractivity contribution in [2.45, 2.75) is 33.6 Å². The van der Waals surface area contributed by atoms with Crippen molar-refractivity contribution in [3.8, 4) is 22.6 Å². The first-order valence-corrected chi connectivity index (χ1v) is 11.9. The van der Waals surface area contributed by atoms with Crippen molar-refractivity contribution in [1.82, 2.24) is 0 Å². The van der Waals surface area contributed by atoms with E-state index < -0.39 is 11.9 Å². The van der Waals surface area contributed by atoms with E-state index >= 15 is 0 Å². The maximum absolute atomic E-state index is 12.7. The van der Waals surface area contributed by atoms with Gasteiger partial charge in [0.25, 0.3) is 0 Å². The van der Waals surface area contributed by atoms with Crippen LogP contribution in [-0.2, 0) is 22.4 Å². The largest absolute Gasteiger partial charge is 0.490 e. The van der Waals surface area contributed by atoms with E-state index in [2.05, 4.69) is 6.58 Å². The molecule has 3 aromatic rings. The van der Waals surface area contributed by atoms with E-state index in [1.807, 2.05) is 56.3 Å². The van der Waals surface area contributed by atoms with E-state index in [1.54, 1.807) is 25.1 Å². The molecule has 0 aromatic heterocycles. The van der Waals surface area contributed by atoms with E-state index in [1.165, 1.54) is 0 Å². The van der Waals surface area contributed by atoms with Crippen LogP contribution in [0.4, 0.5) is 0 Å². The van der Waals surface area contributed by atoms with Crippen LogP contribution >= 0.6 is 0 Å². The fraction of sp³-hybridized carbons (Fsp3) is 0.267. The first-order valence-electron chi connectivity index (χ1n) is 11.9. The molecule has 36 heavy (non-hydrogen) atoms. The second-order valence-electron chi connectivity index (χ2n) is 8.49. The molecule has 0 unspecified atom stereocenters. The van der Waals surface area contributed by atoms with Crippen molar-refractivity contribution in [2.75, 3.05) is 19.8 Å². The van der Waals surface area contributed by atoms with E-state index in [0.717, 1.165) is 27.8 Å². The van der Waals surface area contributed by atoms with Gasteiger partial charge in [0.2, 0.25) is 0 Å². The number of aliphatic hydroxyl groups is 1. The van der Waals surface area contributed by atoms with Gasteiger partial charge >= 0.3 is 11.9 Å². The molecular weight excluding hydrogens is 456 g/mol. The topological polar surface area (TPSA) is 82.1 Å². The van der Waals surface area contributed by atoms with Gasteiger partial charge in [-0.05, 0) is 79.3 Å². The minimum atomic E-state index is -0.462. The van der Waals surface area contributed by atoms with Crippen molar-refractivity contribution in [1.29, 1.82) is 0 Å². The molecule has 0 radical (unpaired) electrons. The summed E-state index contributed by atoms with van der Waals surface area (Å²) in [6.07, 6.45) is 1.15. The SMILES string of the molecule is C=C(C)C(=O)OCCOc1cc(-c2ccc(C(=O)Oc3ccc(C)cc3)cc2CC)ccc1CCO. The van der Waals surface area contributed by atoms with Crippen molar-refractivity contribution in [2.24, 2.45) is 0 Å². The van der Waals surface area contributed by atoms with Gasteiger partial charge < -0.3 is 19.3 Å². The third-order valence-corrected chi connectivity index (χ3v) is 5.64. The normalized spacial score (nSPS) is 10.6. The molecule has 0 bridgehead atoms. The van der Waals surface area contributed by atoms with Gasteiger partial charge in [-0.2, -0.15) is 0 Å². The van der Waals surface area contributed by atoms with Gasteiger partial charge in [0, 0.05) is 12.2 Å². The standard InChI is InChI=1S/C30H32O6/c1-5-22-18-25(30(33)36-26-11-6-21(4)7-12-26)10-13-27(22)24-9-8-23(14-15-31)28(19-24)34-16-17-35-29(32)20(2)3/h6-13,18-19,31H,2,5,14-17H2,1,3-4H3. The summed E-state index contributed by atoms with van der Waals surface area (Å²) in [7, 11) is 0. The highest BCUT2D eigenvalue weighted by Gasteiger charge is 2.14. The minimum absolute atomic E-state index is 0.0155. The Morgan fingerprint density at radius 2 is 1.69 bits per heavy atom. The fourth-order valence-electron chi connectivity index (χ4n) is 3.66. The second-order valence-corrected chi connectivity index (χ2v) is 8.49. The Morgan fingerprint density at radius 3 is 2.36 bits per heavy atom. The molecule has 0 amide bonds. The molecule has 6 nitrogen and oxygen atoms in total. The van der Waals surface area contributed by atoms with Gasteiger partial charge in [-0.3, -0.25) is 0 Å². The fourth-order valence-corrected chi connectivity index (χ4v) is 3.66. The lowest BCUT2D eigenvalue weighted by Crippen LogP contribution is -2.13. The molecule has 6 heteroatoms. The Morgan fingerprint density at radius 1 is 0.944 bits per heavy atom. The van der Waals surface area contributed by atoms with Crippen LogP contribution in [0.3, 0.4) is 0 Å². The number of aliphatic hydroxyl groups excluding tert-OH is 1. The number of carbonyl (C=O) groups excluding carboxylic acids is 2. The third-order valence-electron chi connectivity index (χ3n) is 5.64. The molecule has 0 fully saturated rings. The van der Waals surface area contributed by atoms with E-state index in [9.17, 15) is 14.7 Å². The molecular formula is C30H32O6. The molecule has 3 aromatic carbocycles. The van der Waals surface area contributed by atoms with E-state index in [0.29, 0.717) is 35.5 Å². The maximum atomic E-state index is 12.7. The lowest BCUT2D eigenvalue weighted by molar-refractivity contribution is -0.139. The van der Waals surface area contributed by atoms with Gasteiger partial charge in [-0.25, -0.2) is 9.59 Å². The zero-order valence-electron chi connectivity index (χ0n) is 21.0. The summed E-state index contributed by atoms with van der Waals surface area (Å²) in [6, 6.07) is 18.7. The highest BCUT2D eigenvalue weighted by atomic mass is 16.6. The summed E-state index contributed by atoms with van der Waals surface area (Å²) in [4.78, 5) is 24.3. The highest BCUT2D eigenvalue weighted by molar-refractivity contribution is 5.92. The lowest BCUT2D eigenvalue weighted by atomic mass is 9.94. The molecule has 0 aliphatic heterocycles. The van der Waals surface area contributed by atoms with Crippen molar-refractivity contribution < 1.29 is 28.9 Å². The first kappa shape index (κ1) is 26.7. The summed E-state index contributed by atoms with van der Waals surface area (Å²) >= 11 is 0. The molecule has 0 aliphatic rings. The average molecular weight is 489 g/mol. The quantitative estimate of drug-likeness (QED) is 0.167. The average Bonchev–Trinajstić information content (AvgIpc) is 2.88. The number of carbonyl (C=O) groups is 2. The third kappa shape index (κ3) is 7.06. The Labute approximate surface area is 212 Å². The Bertz CT molecular complexity index is 1230. The van der Waals surface area contributed by atoms with Gasteiger partial charge in [-0.15, -0.1) is 0 Å². The maximum Gasteiger partial charge on any atom is 0.343 e. The van der Waals surface area contributed by atoms with Crippen molar-refractivity contribution >= 4 is 11.9 Å². The van der Waals surface area contributed by atoms with Crippen LogP contribution in [0.2, 0.25) is 0 Å².